The zero-order chi connectivity index (χ0) is 14.0. The third kappa shape index (κ3) is 2.82. The van der Waals surface area contributed by atoms with Gasteiger partial charge in [-0.3, -0.25) is 0 Å². The van der Waals surface area contributed by atoms with Crippen LogP contribution in [0.15, 0.2) is 17.6 Å². The van der Waals surface area contributed by atoms with Gasteiger partial charge in [-0.25, -0.2) is 13.4 Å². The highest BCUT2D eigenvalue weighted by Gasteiger charge is 2.34. The lowest BCUT2D eigenvalue weighted by Gasteiger charge is -2.33. The normalized spacial score (nSPS) is 22.0. The smallest absolute Gasteiger partial charge is 0.262 e. The van der Waals surface area contributed by atoms with Crippen LogP contribution in [0.3, 0.4) is 0 Å². The number of aromatic nitrogens is 2. The van der Waals surface area contributed by atoms with E-state index in [0.29, 0.717) is 13.1 Å². The Bertz CT molecular complexity index is 524. The third-order valence-electron chi connectivity index (χ3n) is 3.59. The minimum atomic E-state index is -3.51. The van der Waals surface area contributed by atoms with Crippen molar-refractivity contribution < 1.29 is 8.42 Å². The van der Waals surface area contributed by atoms with Crippen LogP contribution in [0.1, 0.15) is 39.2 Å². The maximum absolute atomic E-state index is 12.6. The summed E-state index contributed by atoms with van der Waals surface area (Å²) in [5, 5.41) is 0.126. The largest absolute Gasteiger partial charge is 0.334 e. The van der Waals surface area contributed by atoms with Crippen LogP contribution in [0, 0.1) is 0 Å². The van der Waals surface area contributed by atoms with Gasteiger partial charge < -0.3 is 10.3 Å². The summed E-state index contributed by atoms with van der Waals surface area (Å²) in [7, 11) is -3.51. The van der Waals surface area contributed by atoms with Crippen LogP contribution in [0.25, 0.3) is 0 Å². The Kier molecular flexibility index (Phi) is 4.27. The number of nitrogens with zero attached hydrogens (tertiary/aromatic N) is 3. The fourth-order valence-electron chi connectivity index (χ4n) is 2.38. The molecule has 1 aromatic rings. The van der Waals surface area contributed by atoms with Crippen molar-refractivity contribution in [2.24, 2.45) is 5.73 Å². The van der Waals surface area contributed by atoms with Gasteiger partial charge in [0.05, 0.1) is 6.33 Å². The molecule has 0 aromatic carbocycles. The first-order valence-electron chi connectivity index (χ1n) is 6.72. The molecule has 0 aliphatic carbocycles. The first-order valence-corrected chi connectivity index (χ1v) is 8.16. The molecule has 2 rings (SSSR count). The lowest BCUT2D eigenvalue weighted by Crippen LogP contribution is -2.47. The summed E-state index contributed by atoms with van der Waals surface area (Å²) in [5.41, 5.74) is 5.69. The monoisotopic (exact) mass is 286 g/mol. The van der Waals surface area contributed by atoms with Crippen molar-refractivity contribution in [3.8, 4) is 0 Å². The number of rotatable bonds is 4. The number of piperidine rings is 1. The van der Waals surface area contributed by atoms with Crippen LogP contribution in [0.5, 0.6) is 0 Å². The molecule has 108 valence electrons. The standard InChI is InChI=1S/C12H22N4O2S/c1-10(2)15-8-12(14-9-15)19(17,18)16-6-4-3-5-11(16)7-13/h8-11H,3-7,13H2,1-2H3. The molecule has 7 heteroatoms. The summed E-state index contributed by atoms with van der Waals surface area (Å²) >= 11 is 0. The topological polar surface area (TPSA) is 81.2 Å². The minimum Gasteiger partial charge on any atom is -0.334 e. The first-order chi connectivity index (χ1) is 8.96. The van der Waals surface area contributed by atoms with E-state index in [1.807, 2.05) is 13.8 Å². The van der Waals surface area contributed by atoms with Gasteiger partial charge in [-0.1, -0.05) is 6.42 Å². The van der Waals surface area contributed by atoms with Crippen molar-refractivity contribution in [2.75, 3.05) is 13.1 Å². The fourth-order valence-corrected chi connectivity index (χ4v) is 4.01. The van der Waals surface area contributed by atoms with Crippen molar-refractivity contribution in [3.63, 3.8) is 0 Å². The van der Waals surface area contributed by atoms with E-state index >= 15 is 0 Å². The Morgan fingerprint density at radius 2 is 2.21 bits per heavy atom. The molecule has 1 aromatic heterocycles. The van der Waals surface area contributed by atoms with Gasteiger partial charge in [0.25, 0.3) is 10.0 Å². The molecule has 19 heavy (non-hydrogen) atoms. The van der Waals surface area contributed by atoms with E-state index in [1.165, 1.54) is 4.31 Å². The van der Waals surface area contributed by atoms with E-state index in [0.717, 1.165) is 19.3 Å². The second-order valence-corrected chi connectivity index (χ2v) is 7.09. The molecule has 6 nitrogen and oxygen atoms in total. The molecule has 2 N–H and O–H groups in total. The number of nitrogens with two attached hydrogens (primary N) is 1. The van der Waals surface area contributed by atoms with Crippen LogP contribution < -0.4 is 5.73 Å². The summed E-state index contributed by atoms with van der Waals surface area (Å²) in [6, 6.07) is 0.103. The van der Waals surface area contributed by atoms with Crippen LogP contribution in [0.2, 0.25) is 0 Å². The molecular weight excluding hydrogens is 264 g/mol. The lowest BCUT2D eigenvalue weighted by atomic mass is 10.1. The van der Waals surface area contributed by atoms with Gasteiger partial charge in [0.2, 0.25) is 0 Å². The molecule has 1 aliphatic heterocycles. The maximum atomic E-state index is 12.6. The highest BCUT2D eigenvalue weighted by atomic mass is 32.2. The maximum Gasteiger partial charge on any atom is 0.262 e. The van der Waals surface area contributed by atoms with Gasteiger partial charge in [0.15, 0.2) is 5.03 Å². The van der Waals surface area contributed by atoms with Gasteiger partial charge in [-0.05, 0) is 26.7 Å². The Hall–Kier alpha value is -0.920. The Labute approximate surface area is 114 Å². The van der Waals surface area contributed by atoms with E-state index in [-0.39, 0.29) is 17.1 Å². The van der Waals surface area contributed by atoms with Crippen LogP contribution in [-0.2, 0) is 10.0 Å². The SMILES string of the molecule is CC(C)n1cnc(S(=O)(=O)N2CCCCC2CN)c1. The summed E-state index contributed by atoms with van der Waals surface area (Å²) in [6.07, 6.45) is 5.93. The summed E-state index contributed by atoms with van der Waals surface area (Å²) in [6.45, 7) is 4.88. The van der Waals surface area contributed by atoms with Crippen LogP contribution >= 0.6 is 0 Å². The molecule has 1 aliphatic rings. The Balaban J connectivity index is 2.29. The highest BCUT2D eigenvalue weighted by molar-refractivity contribution is 7.89. The molecule has 1 unspecified atom stereocenters. The van der Waals surface area contributed by atoms with Gasteiger partial charge in [0.1, 0.15) is 0 Å². The average Bonchev–Trinajstić information content (AvgIpc) is 2.89. The van der Waals surface area contributed by atoms with E-state index in [2.05, 4.69) is 4.98 Å². The quantitative estimate of drug-likeness (QED) is 0.894. The molecule has 0 spiro atoms. The van der Waals surface area contributed by atoms with E-state index in [1.54, 1.807) is 17.1 Å². The first kappa shape index (κ1) is 14.5. The number of hydrogen-bond donors (Lipinski definition) is 1. The lowest BCUT2D eigenvalue weighted by molar-refractivity contribution is 0.257. The van der Waals surface area contributed by atoms with Gasteiger partial charge >= 0.3 is 0 Å². The Morgan fingerprint density at radius 3 is 2.79 bits per heavy atom. The number of hydrogen-bond acceptors (Lipinski definition) is 4. The molecule has 0 saturated carbocycles. The molecule has 0 radical (unpaired) electrons. The van der Waals surface area contributed by atoms with Crippen molar-refractivity contribution >= 4 is 10.0 Å². The van der Waals surface area contributed by atoms with E-state index in [9.17, 15) is 8.42 Å². The van der Waals surface area contributed by atoms with Crippen molar-refractivity contribution in [2.45, 2.75) is 50.2 Å². The van der Waals surface area contributed by atoms with E-state index in [4.69, 9.17) is 5.73 Å². The molecular formula is C12H22N4O2S. The predicted molar refractivity (Wildman–Crippen MR) is 73.2 cm³/mol. The summed E-state index contributed by atoms with van der Waals surface area (Å²) in [5.74, 6) is 0. The third-order valence-corrected chi connectivity index (χ3v) is 5.43. The van der Waals surface area contributed by atoms with E-state index < -0.39 is 10.0 Å². The zero-order valence-electron chi connectivity index (χ0n) is 11.5. The number of sulfonamides is 1. The van der Waals surface area contributed by atoms with Crippen molar-refractivity contribution in [3.05, 3.63) is 12.5 Å². The molecule has 1 atom stereocenters. The number of imidazole rings is 1. The molecule has 0 bridgehead atoms. The van der Waals surface area contributed by atoms with Gasteiger partial charge in [-0.15, -0.1) is 0 Å². The predicted octanol–water partition coefficient (Wildman–Crippen LogP) is 0.966. The average molecular weight is 286 g/mol. The summed E-state index contributed by atoms with van der Waals surface area (Å²) in [4.78, 5) is 4.05. The molecule has 2 heterocycles. The van der Waals surface area contributed by atoms with Crippen molar-refractivity contribution in [1.82, 2.24) is 13.9 Å². The molecule has 1 saturated heterocycles. The highest BCUT2D eigenvalue weighted by Crippen LogP contribution is 2.24. The van der Waals surface area contributed by atoms with Crippen molar-refractivity contribution in [1.29, 1.82) is 0 Å². The second kappa shape index (κ2) is 5.60. The van der Waals surface area contributed by atoms with Crippen LogP contribution in [-0.4, -0.2) is 41.4 Å². The molecule has 1 fully saturated rings. The van der Waals surface area contributed by atoms with Crippen LogP contribution in [0.4, 0.5) is 0 Å². The molecule has 0 amide bonds. The van der Waals surface area contributed by atoms with Gasteiger partial charge in [0, 0.05) is 31.4 Å². The van der Waals surface area contributed by atoms with Gasteiger partial charge in [-0.2, -0.15) is 4.31 Å². The summed E-state index contributed by atoms with van der Waals surface area (Å²) < 4.78 is 28.5. The zero-order valence-corrected chi connectivity index (χ0v) is 12.3. The Morgan fingerprint density at radius 1 is 1.47 bits per heavy atom. The second-order valence-electron chi connectivity index (χ2n) is 5.25. The fraction of sp³-hybridized carbons (Fsp3) is 0.750. The minimum absolute atomic E-state index is 0.0945.